The number of hydrogen-bond donors (Lipinski definition) is 2. The number of nitro benzene ring substituents is 2. The summed E-state index contributed by atoms with van der Waals surface area (Å²) in [6.45, 7) is 1.65. The number of para-hydroxylation sites is 1. The minimum atomic E-state index is -1.08. The van der Waals surface area contributed by atoms with Crippen molar-refractivity contribution in [2.75, 3.05) is 0 Å². The minimum absolute atomic E-state index is 0.0148. The molecule has 3 N–H and O–H groups in total. The molecule has 1 aliphatic heterocycles. The van der Waals surface area contributed by atoms with Crippen molar-refractivity contribution in [3.63, 3.8) is 0 Å². The zero-order valence-corrected chi connectivity index (χ0v) is 16.4. The predicted molar refractivity (Wildman–Crippen MR) is 109 cm³/mol. The van der Waals surface area contributed by atoms with Crippen LogP contribution in [-0.2, 0) is 0 Å². The minimum Gasteiger partial charge on any atom is -0.497 e. The first-order chi connectivity index (χ1) is 15.2. The van der Waals surface area contributed by atoms with E-state index in [2.05, 4.69) is 5.10 Å². The number of aromatic nitrogens is 2. The molecule has 1 aliphatic rings. The Morgan fingerprint density at radius 1 is 1.19 bits per heavy atom. The van der Waals surface area contributed by atoms with Crippen molar-refractivity contribution in [2.45, 2.75) is 12.8 Å². The second kappa shape index (κ2) is 7.40. The number of rotatable bonds is 4. The number of phenolic OH excluding ortho intramolecular Hbond substituents is 1. The van der Waals surface area contributed by atoms with Gasteiger partial charge in [-0.25, -0.2) is 4.68 Å². The van der Waals surface area contributed by atoms with Gasteiger partial charge in [0.05, 0.1) is 32.7 Å². The normalized spacial score (nSPS) is 14.9. The van der Waals surface area contributed by atoms with E-state index >= 15 is 0 Å². The van der Waals surface area contributed by atoms with E-state index in [4.69, 9.17) is 10.5 Å². The third-order valence-corrected chi connectivity index (χ3v) is 5.05. The zero-order chi connectivity index (χ0) is 23.2. The highest BCUT2D eigenvalue weighted by Crippen LogP contribution is 2.48. The van der Waals surface area contributed by atoms with Gasteiger partial charge in [-0.15, -0.1) is 0 Å². The molecule has 0 fully saturated rings. The van der Waals surface area contributed by atoms with E-state index in [1.165, 1.54) is 4.68 Å². The molecule has 0 bridgehead atoms. The second-order valence-corrected chi connectivity index (χ2v) is 6.90. The summed E-state index contributed by atoms with van der Waals surface area (Å²) < 4.78 is 7.15. The van der Waals surface area contributed by atoms with Crippen molar-refractivity contribution in [1.29, 1.82) is 5.26 Å². The van der Waals surface area contributed by atoms with Crippen LogP contribution in [0.3, 0.4) is 0 Å². The molecular formula is C20H14N6O6. The summed E-state index contributed by atoms with van der Waals surface area (Å²) in [7, 11) is 0. The van der Waals surface area contributed by atoms with Gasteiger partial charge in [0.15, 0.2) is 0 Å². The van der Waals surface area contributed by atoms with Crippen LogP contribution in [0, 0.1) is 38.5 Å². The number of ether oxygens (including phenoxy) is 1. The maximum absolute atomic E-state index is 11.4. The van der Waals surface area contributed by atoms with Gasteiger partial charge in [-0.3, -0.25) is 20.2 Å². The quantitative estimate of drug-likeness (QED) is 0.460. The highest BCUT2D eigenvalue weighted by molar-refractivity contribution is 5.66. The molecule has 160 valence electrons. The second-order valence-electron chi connectivity index (χ2n) is 6.90. The Kier molecular flexibility index (Phi) is 4.71. The standard InChI is InChI=1S/C20H14N6O6/c1-10-16-17(11-7-14(25(28)29)18(27)15(8-11)26(30)31)13(9-21)19(22)32-20(16)24(23-10)12-5-3-2-4-6-12/h2-8,17,27H,22H2,1H3. The summed E-state index contributed by atoms with van der Waals surface area (Å²) in [5.41, 5.74) is 5.60. The summed E-state index contributed by atoms with van der Waals surface area (Å²) in [6, 6.07) is 12.8. The molecule has 3 aromatic rings. The Balaban J connectivity index is 2.03. The molecule has 32 heavy (non-hydrogen) atoms. The molecule has 4 rings (SSSR count). The van der Waals surface area contributed by atoms with Crippen LogP contribution in [0.1, 0.15) is 22.7 Å². The molecule has 2 heterocycles. The molecule has 0 radical (unpaired) electrons. The van der Waals surface area contributed by atoms with Crippen molar-refractivity contribution in [3.05, 3.63) is 91.0 Å². The van der Waals surface area contributed by atoms with Crippen molar-refractivity contribution >= 4 is 11.4 Å². The largest absolute Gasteiger partial charge is 0.497 e. The van der Waals surface area contributed by atoms with Crippen molar-refractivity contribution in [2.24, 2.45) is 5.73 Å². The highest BCUT2D eigenvalue weighted by atomic mass is 16.6. The monoisotopic (exact) mass is 434 g/mol. The molecule has 0 saturated heterocycles. The first-order valence-corrected chi connectivity index (χ1v) is 9.12. The van der Waals surface area contributed by atoms with E-state index < -0.39 is 32.9 Å². The fraction of sp³-hybridized carbons (Fsp3) is 0.100. The maximum Gasteiger partial charge on any atom is 0.318 e. The number of fused-ring (bicyclic) bond motifs is 1. The Morgan fingerprint density at radius 3 is 2.31 bits per heavy atom. The molecule has 0 saturated carbocycles. The van der Waals surface area contributed by atoms with Gasteiger partial charge in [0.25, 0.3) is 5.75 Å². The SMILES string of the molecule is Cc1nn(-c2ccccc2)c2c1C(c1cc([N+](=O)[O-])c(O)c([N+](=O)[O-])c1)C(C#N)=C(N)O2. The van der Waals surface area contributed by atoms with E-state index in [-0.39, 0.29) is 22.9 Å². The van der Waals surface area contributed by atoms with Crippen molar-refractivity contribution in [3.8, 4) is 23.4 Å². The molecule has 12 nitrogen and oxygen atoms in total. The molecule has 0 spiro atoms. The number of phenols is 1. The number of hydrogen-bond acceptors (Lipinski definition) is 9. The third-order valence-electron chi connectivity index (χ3n) is 5.05. The summed E-state index contributed by atoms with van der Waals surface area (Å²) in [4.78, 5) is 21.0. The highest BCUT2D eigenvalue weighted by Gasteiger charge is 2.39. The molecule has 1 atom stereocenters. The number of nitro groups is 2. The molecule has 0 aliphatic carbocycles. The Morgan fingerprint density at radius 2 is 1.78 bits per heavy atom. The van der Waals surface area contributed by atoms with E-state index in [0.29, 0.717) is 16.9 Å². The van der Waals surface area contributed by atoms with E-state index in [0.717, 1.165) is 12.1 Å². The molecule has 2 aromatic carbocycles. The number of allylic oxidation sites excluding steroid dienone is 1. The Bertz CT molecular complexity index is 1320. The lowest BCUT2D eigenvalue weighted by Gasteiger charge is -2.24. The topological polar surface area (TPSA) is 183 Å². The zero-order valence-electron chi connectivity index (χ0n) is 16.4. The first-order valence-electron chi connectivity index (χ1n) is 9.12. The van der Waals surface area contributed by atoms with E-state index in [1.807, 2.05) is 12.1 Å². The number of aryl methyl sites for hydroxylation is 1. The fourth-order valence-electron chi connectivity index (χ4n) is 3.66. The predicted octanol–water partition coefficient (Wildman–Crippen LogP) is 2.92. The maximum atomic E-state index is 11.4. The van der Waals surface area contributed by atoms with Crippen LogP contribution in [0.25, 0.3) is 5.69 Å². The van der Waals surface area contributed by atoms with Crippen LogP contribution < -0.4 is 10.5 Å². The van der Waals surface area contributed by atoms with Crippen LogP contribution in [-0.4, -0.2) is 24.7 Å². The van der Waals surface area contributed by atoms with Crippen molar-refractivity contribution in [1.82, 2.24) is 9.78 Å². The van der Waals surface area contributed by atoms with E-state index in [9.17, 15) is 30.6 Å². The number of nitrogens with two attached hydrogens (primary N) is 1. The lowest BCUT2D eigenvalue weighted by molar-refractivity contribution is -0.396. The van der Waals surface area contributed by atoms with Gasteiger partial charge in [-0.05, 0) is 24.6 Å². The van der Waals surface area contributed by atoms with Gasteiger partial charge in [-0.1, -0.05) is 18.2 Å². The number of aromatic hydroxyl groups is 1. The molecule has 0 amide bonds. The molecule has 12 heteroatoms. The van der Waals surface area contributed by atoms with Gasteiger partial charge in [0.2, 0.25) is 11.8 Å². The first kappa shape index (κ1) is 20.4. The van der Waals surface area contributed by atoms with Gasteiger partial charge in [-0.2, -0.15) is 10.4 Å². The molecule has 1 unspecified atom stereocenters. The Hall–Kier alpha value is -4.92. The van der Waals surface area contributed by atoms with Gasteiger partial charge in [0, 0.05) is 12.1 Å². The van der Waals surface area contributed by atoms with Gasteiger partial charge in [0.1, 0.15) is 11.6 Å². The third kappa shape index (κ3) is 3.05. The summed E-state index contributed by atoms with van der Waals surface area (Å²) in [5.74, 6) is -2.21. The van der Waals surface area contributed by atoms with Crippen molar-refractivity contribution < 1.29 is 19.7 Å². The van der Waals surface area contributed by atoms with Gasteiger partial charge >= 0.3 is 11.4 Å². The van der Waals surface area contributed by atoms with Crippen LogP contribution >= 0.6 is 0 Å². The van der Waals surface area contributed by atoms with Crippen LogP contribution in [0.2, 0.25) is 0 Å². The molecule has 1 aromatic heterocycles. The summed E-state index contributed by atoms with van der Waals surface area (Å²) >= 11 is 0. The number of benzene rings is 2. The van der Waals surface area contributed by atoms with Crippen LogP contribution in [0.15, 0.2) is 53.9 Å². The lowest BCUT2D eigenvalue weighted by Crippen LogP contribution is -2.22. The average molecular weight is 434 g/mol. The summed E-state index contributed by atoms with van der Waals surface area (Å²) in [6.07, 6.45) is 0. The summed E-state index contributed by atoms with van der Waals surface area (Å²) in [5, 5.41) is 47.1. The fourth-order valence-corrected chi connectivity index (χ4v) is 3.66. The average Bonchev–Trinajstić information content (AvgIpc) is 3.09. The lowest BCUT2D eigenvalue weighted by atomic mass is 9.83. The van der Waals surface area contributed by atoms with Crippen LogP contribution in [0.4, 0.5) is 11.4 Å². The van der Waals surface area contributed by atoms with E-state index in [1.54, 1.807) is 31.2 Å². The smallest absolute Gasteiger partial charge is 0.318 e. The Labute approximate surface area is 179 Å². The van der Waals surface area contributed by atoms with Gasteiger partial charge < -0.3 is 15.6 Å². The number of nitriles is 1. The van der Waals surface area contributed by atoms with Crippen LogP contribution in [0.5, 0.6) is 11.6 Å². The number of nitrogens with zero attached hydrogens (tertiary/aromatic N) is 5. The molecular weight excluding hydrogens is 420 g/mol.